The van der Waals surface area contributed by atoms with Gasteiger partial charge >= 0.3 is 12.4 Å². The average molecular weight is 168 g/mol. The highest BCUT2D eigenvalue weighted by atomic mass is 19.3. The van der Waals surface area contributed by atoms with Crippen LogP contribution in [-0.2, 0) is 14.3 Å². The van der Waals surface area contributed by atoms with Crippen molar-refractivity contribution < 1.29 is 23.0 Å². The minimum Gasteiger partial charge on any atom is -0.459 e. The van der Waals surface area contributed by atoms with Crippen LogP contribution < -0.4 is 0 Å². The van der Waals surface area contributed by atoms with Gasteiger partial charge in [-0.25, -0.2) is 4.79 Å². The highest BCUT2D eigenvalue weighted by Crippen LogP contribution is 1.94. The van der Waals surface area contributed by atoms with Crippen LogP contribution in [0.15, 0.2) is 0 Å². The fourth-order valence-electron chi connectivity index (χ4n) is 0.409. The summed E-state index contributed by atoms with van der Waals surface area (Å²) < 4.78 is 31.7. The third-order valence-electron chi connectivity index (χ3n) is 0.854. The minimum absolute atomic E-state index is 0.114. The van der Waals surface area contributed by atoms with Gasteiger partial charge in [0.2, 0.25) is 0 Å². The summed E-state index contributed by atoms with van der Waals surface area (Å²) in [5.74, 6) is -1.50. The number of hydrogen-bond donors (Lipinski definition) is 0. The molecule has 0 unspecified atom stereocenters. The predicted molar refractivity (Wildman–Crippen MR) is 33.5 cm³/mol. The van der Waals surface area contributed by atoms with Gasteiger partial charge in [-0.1, -0.05) is 0 Å². The molecular weight excluding hydrogens is 158 g/mol. The molecule has 11 heavy (non-hydrogen) atoms. The molecule has 0 N–H and O–H groups in total. The lowest BCUT2D eigenvalue weighted by Crippen LogP contribution is -2.17. The topological polar surface area (TPSA) is 35.5 Å². The molecule has 0 aromatic rings. The van der Waals surface area contributed by atoms with Crippen molar-refractivity contribution >= 4 is 5.97 Å². The van der Waals surface area contributed by atoms with Crippen LogP contribution in [0.3, 0.4) is 0 Å². The predicted octanol–water partition coefficient (Wildman–Crippen LogP) is 0.831. The van der Waals surface area contributed by atoms with E-state index in [1.807, 2.05) is 0 Å². The summed E-state index contributed by atoms with van der Waals surface area (Å²) in [5.41, 5.74) is 0. The van der Waals surface area contributed by atoms with E-state index in [0.29, 0.717) is 6.61 Å². The summed E-state index contributed by atoms with van der Waals surface area (Å²) in [4.78, 5) is 10.1. The molecule has 0 saturated carbocycles. The normalized spacial score (nSPS) is 10.2. The minimum atomic E-state index is -3.04. The van der Waals surface area contributed by atoms with E-state index < -0.39 is 12.4 Å². The summed E-state index contributed by atoms with van der Waals surface area (Å²) in [7, 11) is 0. The molecule has 5 heteroatoms. The van der Waals surface area contributed by atoms with E-state index in [1.165, 1.54) is 0 Å². The van der Waals surface area contributed by atoms with Gasteiger partial charge in [0.1, 0.15) is 6.61 Å². The molecule has 0 amide bonds. The molecule has 0 atom stereocenters. The van der Waals surface area contributed by atoms with Crippen molar-refractivity contribution in [3.05, 3.63) is 0 Å². The molecule has 0 radical (unpaired) electrons. The molecule has 66 valence electrons. The fourth-order valence-corrected chi connectivity index (χ4v) is 0.409. The van der Waals surface area contributed by atoms with E-state index in [1.54, 1.807) is 6.92 Å². The van der Waals surface area contributed by atoms with Crippen molar-refractivity contribution in [3.8, 4) is 0 Å². The maximum absolute atomic E-state index is 11.4. The van der Waals surface area contributed by atoms with Crippen molar-refractivity contribution in [1.82, 2.24) is 0 Å². The van der Waals surface area contributed by atoms with E-state index in [9.17, 15) is 13.6 Å². The Morgan fingerprint density at radius 1 is 1.45 bits per heavy atom. The third-order valence-corrected chi connectivity index (χ3v) is 0.854. The van der Waals surface area contributed by atoms with Crippen molar-refractivity contribution in [2.75, 3.05) is 19.8 Å². The fraction of sp³-hybridized carbons (Fsp3) is 0.833. The molecular formula is C6H10F2O3. The number of ether oxygens (including phenoxy) is 2. The summed E-state index contributed by atoms with van der Waals surface area (Å²) >= 11 is 0. The van der Waals surface area contributed by atoms with Crippen molar-refractivity contribution in [3.63, 3.8) is 0 Å². The Morgan fingerprint density at radius 3 is 2.55 bits per heavy atom. The van der Waals surface area contributed by atoms with E-state index in [2.05, 4.69) is 4.74 Å². The van der Waals surface area contributed by atoms with Gasteiger partial charge in [-0.15, -0.1) is 0 Å². The Hall–Kier alpha value is -0.710. The van der Waals surface area contributed by atoms with Crippen LogP contribution in [0.1, 0.15) is 6.92 Å². The van der Waals surface area contributed by atoms with Gasteiger partial charge in [-0.3, -0.25) is 0 Å². The highest BCUT2D eigenvalue weighted by molar-refractivity contribution is 5.72. The second-order valence-corrected chi connectivity index (χ2v) is 1.67. The Kier molecular flexibility index (Phi) is 5.64. The molecule has 0 fully saturated rings. The standard InChI is InChI=1S/C6H10F2O3/c1-2-10-3-4-11-6(9)5(7)8/h5H,2-4H2,1H3. The van der Waals surface area contributed by atoms with Crippen LogP contribution >= 0.6 is 0 Å². The molecule has 0 heterocycles. The number of esters is 1. The van der Waals surface area contributed by atoms with Crippen LogP contribution in [0.5, 0.6) is 0 Å². The number of hydrogen-bond acceptors (Lipinski definition) is 3. The van der Waals surface area contributed by atoms with Crippen LogP contribution in [0.4, 0.5) is 8.78 Å². The summed E-state index contributed by atoms with van der Waals surface area (Å²) in [6, 6.07) is 0. The van der Waals surface area contributed by atoms with Crippen LogP contribution in [0.25, 0.3) is 0 Å². The molecule has 0 aliphatic heterocycles. The van der Waals surface area contributed by atoms with Crippen LogP contribution in [0.2, 0.25) is 0 Å². The smallest absolute Gasteiger partial charge is 0.373 e. The summed E-state index contributed by atoms with van der Waals surface area (Å²) in [5, 5.41) is 0. The Balaban J connectivity index is 3.18. The van der Waals surface area contributed by atoms with Gasteiger partial charge in [0.25, 0.3) is 0 Å². The first-order chi connectivity index (χ1) is 5.18. The molecule has 3 nitrogen and oxygen atoms in total. The van der Waals surface area contributed by atoms with Crippen molar-refractivity contribution in [2.24, 2.45) is 0 Å². The maximum atomic E-state index is 11.4. The van der Waals surface area contributed by atoms with Gasteiger partial charge in [-0.05, 0) is 6.92 Å². The number of rotatable bonds is 5. The molecule has 0 aliphatic rings. The molecule has 0 aromatic carbocycles. The van der Waals surface area contributed by atoms with Gasteiger partial charge < -0.3 is 9.47 Å². The largest absolute Gasteiger partial charge is 0.459 e. The number of carbonyl (C=O) groups excluding carboxylic acids is 1. The number of carbonyl (C=O) groups is 1. The lowest BCUT2D eigenvalue weighted by atomic mass is 10.7. The van der Waals surface area contributed by atoms with E-state index >= 15 is 0 Å². The quantitative estimate of drug-likeness (QED) is 0.450. The molecule has 0 saturated heterocycles. The zero-order valence-electron chi connectivity index (χ0n) is 6.18. The van der Waals surface area contributed by atoms with Gasteiger partial charge in [0.05, 0.1) is 6.61 Å². The Bertz CT molecular complexity index is 116. The summed E-state index contributed by atoms with van der Waals surface area (Å²) in [6.07, 6.45) is -3.04. The SMILES string of the molecule is CCOCCOC(=O)C(F)F. The zero-order valence-corrected chi connectivity index (χ0v) is 6.18. The summed E-state index contributed by atoms with van der Waals surface area (Å²) in [6.45, 7) is 2.28. The lowest BCUT2D eigenvalue weighted by molar-refractivity contribution is -0.157. The second-order valence-electron chi connectivity index (χ2n) is 1.67. The van der Waals surface area contributed by atoms with Gasteiger partial charge in [0, 0.05) is 6.61 Å². The molecule has 0 rings (SSSR count). The molecule has 0 aliphatic carbocycles. The van der Waals surface area contributed by atoms with Gasteiger partial charge in [0.15, 0.2) is 0 Å². The van der Waals surface area contributed by atoms with Crippen LogP contribution in [-0.4, -0.2) is 32.2 Å². The average Bonchev–Trinajstić information content (AvgIpc) is 1.97. The molecule has 0 bridgehead atoms. The van der Waals surface area contributed by atoms with E-state index in [-0.39, 0.29) is 13.2 Å². The van der Waals surface area contributed by atoms with Crippen molar-refractivity contribution in [2.45, 2.75) is 13.3 Å². The Labute approximate surface area is 63.3 Å². The van der Waals surface area contributed by atoms with Crippen molar-refractivity contribution in [1.29, 1.82) is 0 Å². The van der Waals surface area contributed by atoms with E-state index in [4.69, 9.17) is 4.74 Å². The van der Waals surface area contributed by atoms with Gasteiger partial charge in [-0.2, -0.15) is 8.78 Å². The molecule has 0 aromatic heterocycles. The number of halogens is 2. The zero-order chi connectivity index (χ0) is 8.69. The number of alkyl halides is 2. The third kappa shape index (κ3) is 5.72. The Morgan fingerprint density at radius 2 is 2.09 bits per heavy atom. The highest BCUT2D eigenvalue weighted by Gasteiger charge is 2.15. The maximum Gasteiger partial charge on any atom is 0.373 e. The lowest BCUT2D eigenvalue weighted by Gasteiger charge is -2.02. The van der Waals surface area contributed by atoms with E-state index in [0.717, 1.165) is 0 Å². The monoisotopic (exact) mass is 168 g/mol. The first-order valence-electron chi connectivity index (χ1n) is 3.21. The molecule has 0 spiro atoms. The first-order valence-corrected chi connectivity index (χ1v) is 3.21. The van der Waals surface area contributed by atoms with Crippen LogP contribution in [0, 0.1) is 0 Å². The first kappa shape index (κ1) is 10.3. The second kappa shape index (κ2) is 6.03.